The second-order valence-electron chi connectivity index (χ2n) is 4.83. The Labute approximate surface area is 116 Å². The van der Waals surface area contributed by atoms with Crippen molar-refractivity contribution in [1.29, 1.82) is 0 Å². The van der Waals surface area contributed by atoms with E-state index in [0.717, 1.165) is 37.1 Å². The Balaban J connectivity index is 1.68. The standard InChI is InChI=1S/C14H15N5O/c20-13(19-7-1-2-8-19)9-11-3-5-12(6-4-11)14-17-15-10-16-18-14/h3-6,10H,1-2,7-9H2. The number of rotatable bonds is 3. The van der Waals surface area contributed by atoms with Crippen molar-refractivity contribution in [3.8, 4) is 11.4 Å². The van der Waals surface area contributed by atoms with E-state index >= 15 is 0 Å². The van der Waals surface area contributed by atoms with Gasteiger partial charge < -0.3 is 4.90 Å². The number of carbonyl (C=O) groups is 1. The summed E-state index contributed by atoms with van der Waals surface area (Å²) in [7, 11) is 0. The van der Waals surface area contributed by atoms with Gasteiger partial charge in [-0.3, -0.25) is 4.79 Å². The molecule has 1 fully saturated rings. The number of nitrogens with zero attached hydrogens (tertiary/aromatic N) is 5. The van der Waals surface area contributed by atoms with Crippen molar-refractivity contribution in [1.82, 2.24) is 25.3 Å². The lowest BCUT2D eigenvalue weighted by Crippen LogP contribution is -2.29. The van der Waals surface area contributed by atoms with Crippen LogP contribution in [0.2, 0.25) is 0 Å². The van der Waals surface area contributed by atoms with Gasteiger partial charge in [-0.1, -0.05) is 24.3 Å². The van der Waals surface area contributed by atoms with Crippen LogP contribution in [0, 0.1) is 0 Å². The third-order valence-electron chi connectivity index (χ3n) is 3.43. The van der Waals surface area contributed by atoms with Crippen molar-refractivity contribution in [2.75, 3.05) is 13.1 Å². The maximum absolute atomic E-state index is 12.1. The summed E-state index contributed by atoms with van der Waals surface area (Å²) in [5, 5.41) is 15.2. The topological polar surface area (TPSA) is 71.9 Å². The van der Waals surface area contributed by atoms with Crippen molar-refractivity contribution in [2.24, 2.45) is 0 Å². The second-order valence-corrected chi connectivity index (χ2v) is 4.83. The van der Waals surface area contributed by atoms with E-state index in [1.54, 1.807) is 0 Å². The van der Waals surface area contributed by atoms with E-state index < -0.39 is 0 Å². The van der Waals surface area contributed by atoms with Gasteiger partial charge in [-0.05, 0) is 18.4 Å². The van der Waals surface area contributed by atoms with Crippen LogP contribution >= 0.6 is 0 Å². The molecule has 0 aliphatic carbocycles. The van der Waals surface area contributed by atoms with Gasteiger partial charge in [-0.2, -0.15) is 0 Å². The van der Waals surface area contributed by atoms with Gasteiger partial charge in [0.1, 0.15) is 0 Å². The Bertz CT molecular complexity index is 578. The Hall–Kier alpha value is -2.37. The van der Waals surface area contributed by atoms with Crippen LogP contribution in [0.3, 0.4) is 0 Å². The highest BCUT2D eigenvalue weighted by Gasteiger charge is 2.17. The average molecular weight is 269 g/mol. The van der Waals surface area contributed by atoms with Crippen molar-refractivity contribution in [3.63, 3.8) is 0 Å². The minimum Gasteiger partial charge on any atom is -0.342 e. The highest BCUT2D eigenvalue weighted by atomic mass is 16.2. The van der Waals surface area contributed by atoms with Gasteiger partial charge in [-0.15, -0.1) is 20.4 Å². The fraction of sp³-hybridized carbons (Fsp3) is 0.357. The molecule has 0 radical (unpaired) electrons. The van der Waals surface area contributed by atoms with Gasteiger partial charge in [0.15, 0.2) is 6.33 Å². The first kappa shape index (κ1) is 12.7. The van der Waals surface area contributed by atoms with Crippen molar-refractivity contribution < 1.29 is 4.79 Å². The number of hydrogen-bond acceptors (Lipinski definition) is 5. The smallest absolute Gasteiger partial charge is 0.226 e. The van der Waals surface area contributed by atoms with E-state index in [9.17, 15) is 4.79 Å². The van der Waals surface area contributed by atoms with Gasteiger partial charge in [0.2, 0.25) is 11.7 Å². The number of aromatic nitrogens is 4. The van der Waals surface area contributed by atoms with Crippen LogP contribution in [0.4, 0.5) is 0 Å². The molecule has 6 heteroatoms. The molecule has 1 amide bonds. The number of amides is 1. The van der Waals surface area contributed by atoms with Crippen LogP contribution in [0.25, 0.3) is 11.4 Å². The number of likely N-dealkylation sites (tertiary alicyclic amines) is 1. The lowest BCUT2D eigenvalue weighted by atomic mass is 10.1. The molecule has 0 N–H and O–H groups in total. The summed E-state index contributed by atoms with van der Waals surface area (Å²) in [5.41, 5.74) is 1.85. The molecule has 1 saturated heterocycles. The molecule has 20 heavy (non-hydrogen) atoms. The van der Waals surface area contributed by atoms with E-state index in [1.165, 1.54) is 6.33 Å². The second kappa shape index (κ2) is 5.73. The monoisotopic (exact) mass is 269 g/mol. The van der Waals surface area contributed by atoms with E-state index in [2.05, 4.69) is 20.4 Å². The first-order chi connectivity index (χ1) is 9.83. The summed E-state index contributed by atoms with van der Waals surface area (Å²) < 4.78 is 0. The van der Waals surface area contributed by atoms with E-state index in [1.807, 2.05) is 29.2 Å². The lowest BCUT2D eigenvalue weighted by molar-refractivity contribution is -0.129. The Kier molecular flexibility index (Phi) is 3.62. The van der Waals surface area contributed by atoms with Crippen LogP contribution in [-0.2, 0) is 11.2 Å². The summed E-state index contributed by atoms with van der Waals surface area (Å²) in [5.74, 6) is 0.694. The molecule has 1 aliphatic rings. The predicted molar refractivity (Wildman–Crippen MR) is 72.6 cm³/mol. The lowest BCUT2D eigenvalue weighted by Gasteiger charge is -2.15. The van der Waals surface area contributed by atoms with Gasteiger partial charge >= 0.3 is 0 Å². The van der Waals surface area contributed by atoms with Crippen LogP contribution in [0.15, 0.2) is 30.6 Å². The van der Waals surface area contributed by atoms with E-state index in [-0.39, 0.29) is 5.91 Å². The normalized spacial score (nSPS) is 14.5. The van der Waals surface area contributed by atoms with Crippen molar-refractivity contribution in [3.05, 3.63) is 36.2 Å². The maximum Gasteiger partial charge on any atom is 0.226 e. The molecule has 0 spiro atoms. The van der Waals surface area contributed by atoms with E-state index in [0.29, 0.717) is 12.2 Å². The zero-order chi connectivity index (χ0) is 13.8. The van der Waals surface area contributed by atoms with Gasteiger partial charge in [-0.25, -0.2) is 0 Å². The van der Waals surface area contributed by atoms with Gasteiger partial charge in [0, 0.05) is 18.7 Å². The van der Waals surface area contributed by atoms with Crippen LogP contribution < -0.4 is 0 Å². The highest BCUT2D eigenvalue weighted by Crippen LogP contribution is 2.15. The van der Waals surface area contributed by atoms with Crippen molar-refractivity contribution >= 4 is 5.91 Å². The first-order valence-electron chi connectivity index (χ1n) is 6.70. The molecule has 1 aromatic carbocycles. The maximum atomic E-state index is 12.1. The summed E-state index contributed by atoms with van der Waals surface area (Å²) in [6, 6.07) is 7.65. The number of benzene rings is 1. The Morgan fingerprint density at radius 1 is 1.05 bits per heavy atom. The Morgan fingerprint density at radius 2 is 1.70 bits per heavy atom. The Morgan fingerprint density at radius 3 is 2.35 bits per heavy atom. The molecule has 2 heterocycles. The summed E-state index contributed by atoms with van der Waals surface area (Å²) in [4.78, 5) is 14.0. The molecular formula is C14H15N5O. The summed E-state index contributed by atoms with van der Waals surface area (Å²) >= 11 is 0. The zero-order valence-electron chi connectivity index (χ0n) is 11.1. The fourth-order valence-corrected chi connectivity index (χ4v) is 2.34. The van der Waals surface area contributed by atoms with E-state index in [4.69, 9.17) is 0 Å². The molecule has 0 unspecified atom stereocenters. The largest absolute Gasteiger partial charge is 0.342 e. The first-order valence-corrected chi connectivity index (χ1v) is 6.70. The van der Waals surface area contributed by atoms with Crippen molar-refractivity contribution in [2.45, 2.75) is 19.3 Å². The molecule has 1 aliphatic heterocycles. The molecular weight excluding hydrogens is 254 g/mol. The SMILES string of the molecule is O=C(Cc1ccc(-c2nncnn2)cc1)N1CCCC1. The van der Waals surface area contributed by atoms with Gasteiger partial charge in [0.05, 0.1) is 6.42 Å². The van der Waals surface area contributed by atoms with Crippen LogP contribution in [0.1, 0.15) is 18.4 Å². The summed E-state index contributed by atoms with van der Waals surface area (Å²) in [6.45, 7) is 1.79. The molecule has 0 atom stereocenters. The van der Waals surface area contributed by atoms with Gasteiger partial charge in [0.25, 0.3) is 0 Å². The van der Waals surface area contributed by atoms with Crippen LogP contribution in [-0.4, -0.2) is 44.3 Å². The minimum atomic E-state index is 0.203. The minimum absolute atomic E-state index is 0.203. The fourth-order valence-electron chi connectivity index (χ4n) is 2.34. The third kappa shape index (κ3) is 2.79. The third-order valence-corrected chi connectivity index (χ3v) is 3.43. The molecule has 3 rings (SSSR count). The zero-order valence-corrected chi connectivity index (χ0v) is 11.1. The number of carbonyl (C=O) groups excluding carboxylic acids is 1. The molecule has 6 nitrogen and oxygen atoms in total. The predicted octanol–water partition coefficient (Wildman–Crippen LogP) is 1.10. The molecule has 0 bridgehead atoms. The quantitative estimate of drug-likeness (QED) is 0.834. The van der Waals surface area contributed by atoms with Crippen LogP contribution in [0.5, 0.6) is 0 Å². The molecule has 102 valence electrons. The molecule has 0 saturated carbocycles. The summed E-state index contributed by atoms with van der Waals surface area (Å²) in [6.07, 6.45) is 3.99. The molecule has 1 aromatic heterocycles. The highest BCUT2D eigenvalue weighted by molar-refractivity contribution is 5.79. The molecule has 2 aromatic rings. The average Bonchev–Trinajstić information content (AvgIpc) is 3.03. The number of hydrogen-bond donors (Lipinski definition) is 0.